The van der Waals surface area contributed by atoms with Crippen molar-refractivity contribution in [3.8, 4) is 0 Å². The lowest BCUT2D eigenvalue weighted by molar-refractivity contribution is -0.126. The maximum Gasteiger partial charge on any atom is 0.318 e. The zero-order chi connectivity index (χ0) is 13.5. The number of hydrogen-bond acceptors (Lipinski definition) is 4. The van der Waals surface area contributed by atoms with Crippen LogP contribution in [0.2, 0.25) is 0 Å². The molecule has 0 unspecified atom stereocenters. The van der Waals surface area contributed by atoms with Gasteiger partial charge in [-0.3, -0.25) is 14.9 Å². The molecule has 0 aliphatic heterocycles. The highest BCUT2D eigenvalue weighted by atomic mass is 16.2. The molecule has 2 atom stereocenters. The van der Waals surface area contributed by atoms with Crippen molar-refractivity contribution in [2.24, 2.45) is 23.3 Å². The molecule has 1 fully saturated rings. The molecule has 0 aromatic rings. The Labute approximate surface area is 106 Å². The van der Waals surface area contributed by atoms with Crippen LogP contribution in [0.5, 0.6) is 0 Å². The first kappa shape index (κ1) is 14.4. The number of rotatable bonds is 5. The molecule has 0 radical (unpaired) electrons. The SMILES string of the molecule is NC[C@H]1CCC[C@H]1C(=O)NCCC(=O)NC(N)=O. The summed E-state index contributed by atoms with van der Waals surface area (Å²) < 4.78 is 0. The largest absolute Gasteiger partial charge is 0.355 e. The Morgan fingerprint density at radius 1 is 1.22 bits per heavy atom. The molecule has 1 rings (SSSR count). The minimum atomic E-state index is -0.884. The molecule has 6 N–H and O–H groups in total. The molecule has 4 amide bonds. The van der Waals surface area contributed by atoms with Crippen molar-refractivity contribution in [3.05, 3.63) is 0 Å². The number of carbonyl (C=O) groups is 3. The van der Waals surface area contributed by atoms with Crippen LogP contribution in [0.4, 0.5) is 4.79 Å². The van der Waals surface area contributed by atoms with Crippen LogP contribution in [0.25, 0.3) is 0 Å². The van der Waals surface area contributed by atoms with E-state index < -0.39 is 11.9 Å². The third-order valence-corrected chi connectivity index (χ3v) is 3.21. The summed E-state index contributed by atoms with van der Waals surface area (Å²) in [5.74, 6) is -0.363. The molecule has 0 heterocycles. The summed E-state index contributed by atoms with van der Waals surface area (Å²) in [6.07, 6.45) is 2.88. The van der Waals surface area contributed by atoms with Crippen molar-refractivity contribution in [2.45, 2.75) is 25.7 Å². The first-order valence-electron chi connectivity index (χ1n) is 6.11. The molecule has 0 spiro atoms. The van der Waals surface area contributed by atoms with E-state index in [2.05, 4.69) is 5.32 Å². The summed E-state index contributed by atoms with van der Waals surface area (Å²) >= 11 is 0. The average Bonchev–Trinajstić information content (AvgIpc) is 2.75. The number of urea groups is 1. The molecule has 102 valence electrons. The van der Waals surface area contributed by atoms with Crippen LogP contribution in [-0.4, -0.2) is 30.9 Å². The third-order valence-electron chi connectivity index (χ3n) is 3.21. The summed E-state index contributed by atoms with van der Waals surface area (Å²) in [5.41, 5.74) is 10.4. The number of amides is 4. The van der Waals surface area contributed by atoms with E-state index in [1.165, 1.54) is 0 Å². The summed E-state index contributed by atoms with van der Waals surface area (Å²) in [6.45, 7) is 0.714. The molecule has 7 heteroatoms. The molecular weight excluding hydrogens is 236 g/mol. The van der Waals surface area contributed by atoms with Gasteiger partial charge in [-0.15, -0.1) is 0 Å². The number of carbonyl (C=O) groups excluding carboxylic acids is 3. The zero-order valence-electron chi connectivity index (χ0n) is 10.3. The van der Waals surface area contributed by atoms with Crippen molar-refractivity contribution in [1.29, 1.82) is 0 Å². The summed E-state index contributed by atoms with van der Waals surface area (Å²) in [5, 5.41) is 4.62. The zero-order valence-corrected chi connectivity index (χ0v) is 10.3. The Hall–Kier alpha value is -1.63. The van der Waals surface area contributed by atoms with Crippen LogP contribution in [-0.2, 0) is 9.59 Å². The van der Waals surface area contributed by atoms with E-state index in [0.29, 0.717) is 6.54 Å². The van der Waals surface area contributed by atoms with E-state index in [0.717, 1.165) is 19.3 Å². The lowest BCUT2D eigenvalue weighted by atomic mass is 9.95. The first-order chi connectivity index (χ1) is 8.54. The number of nitrogens with two attached hydrogens (primary N) is 2. The summed E-state index contributed by atoms with van der Waals surface area (Å²) in [6, 6.07) is -0.884. The smallest absolute Gasteiger partial charge is 0.318 e. The van der Waals surface area contributed by atoms with Gasteiger partial charge in [0.15, 0.2) is 0 Å². The monoisotopic (exact) mass is 256 g/mol. The number of nitrogens with one attached hydrogen (secondary N) is 2. The van der Waals surface area contributed by atoms with Gasteiger partial charge in [0.1, 0.15) is 0 Å². The fourth-order valence-corrected chi connectivity index (χ4v) is 2.29. The van der Waals surface area contributed by atoms with E-state index in [1.54, 1.807) is 0 Å². The van der Waals surface area contributed by atoms with Crippen LogP contribution in [0, 0.1) is 11.8 Å². The van der Waals surface area contributed by atoms with Crippen molar-refractivity contribution in [3.63, 3.8) is 0 Å². The normalized spacial score (nSPS) is 22.5. The second kappa shape index (κ2) is 6.95. The predicted octanol–water partition coefficient (Wildman–Crippen LogP) is -0.937. The minimum Gasteiger partial charge on any atom is -0.355 e. The average molecular weight is 256 g/mol. The van der Waals surface area contributed by atoms with Crippen LogP contribution in [0.3, 0.4) is 0 Å². The topological polar surface area (TPSA) is 127 Å². The van der Waals surface area contributed by atoms with Gasteiger partial charge in [-0.2, -0.15) is 0 Å². The highest BCUT2D eigenvalue weighted by molar-refractivity contribution is 5.93. The molecule has 1 aliphatic carbocycles. The highest BCUT2D eigenvalue weighted by Crippen LogP contribution is 2.30. The third kappa shape index (κ3) is 4.33. The molecular formula is C11H20N4O3. The van der Waals surface area contributed by atoms with E-state index in [-0.39, 0.29) is 30.7 Å². The summed E-state index contributed by atoms with van der Waals surface area (Å²) in [7, 11) is 0. The molecule has 0 saturated heterocycles. The van der Waals surface area contributed by atoms with E-state index in [9.17, 15) is 14.4 Å². The van der Waals surface area contributed by atoms with Crippen molar-refractivity contribution in [2.75, 3.05) is 13.1 Å². The van der Waals surface area contributed by atoms with Crippen molar-refractivity contribution < 1.29 is 14.4 Å². The fraction of sp³-hybridized carbons (Fsp3) is 0.727. The van der Waals surface area contributed by atoms with Gasteiger partial charge in [-0.05, 0) is 25.3 Å². The van der Waals surface area contributed by atoms with E-state index >= 15 is 0 Å². The minimum absolute atomic E-state index is 0.0364. The van der Waals surface area contributed by atoms with Crippen LogP contribution >= 0.6 is 0 Å². The lowest BCUT2D eigenvalue weighted by Gasteiger charge is -2.17. The fourth-order valence-electron chi connectivity index (χ4n) is 2.29. The second-order valence-corrected chi connectivity index (χ2v) is 4.49. The molecule has 0 aromatic carbocycles. The molecule has 18 heavy (non-hydrogen) atoms. The Balaban J connectivity index is 2.25. The Morgan fingerprint density at radius 3 is 2.56 bits per heavy atom. The highest BCUT2D eigenvalue weighted by Gasteiger charge is 2.31. The van der Waals surface area contributed by atoms with Gasteiger partial charge in [0, 0.05) is 18.9 Å². The summed E-state index contributed by atoms with van der Waals surface area (Å²) in [4.78, 5) is 33.3. The second-order valence-electron chi connectivity index (χ2n) is 4.49. The predicted molar refractivity (Wildman–Crippen MR) is 65.2 cm³/mol. The van der Waals surface area contributed by atoms with Gasteiger partial charge >= 0.3 is 6.03 Å². The Bertz CT molecular complexity index is 332. The van der Waals surface area contributed by atoms with Crippen molar-refractivity contribution in [1.82, 2.24) is 10.6 Å². The van der Waals surface area contributed by atoms with Gasteiger partial charge in [-0.1, -0.05) is 6.42 Å². The van der Waals surface area contributed by atoms with Gasteiger partial charge < -0.3 is 16.8 Å². The number of imide groups is 1. The van der Waals surface area contributed by atoms with Crippen LogP contribution in [0.1, 0.15) is 25.7 Å². The standard InChI is InChI=1S/C11H20N4O3/c12-6-7-2-1-3-8(7)10(17)14-5-4-9(16)15-11(13)18/h7-8H,1-6,12H2,(H,14,17)(H3,13,15,16,18)/t7-,8-/m1/s1. The van der Waals surface area contributed by atoms with Crippen LogP contribution < -0.4 is 22.1 Å². The van der Waals surface area contributed by atoms with E-state index in [4.69, 9.17) is 11.5 Å². The maximum atomic E-state index is 11.8. The molecule has 7 nitrogen and oxygen atoms in total. The van der Waals surface area contributed by atoms with Gasteiger partial charge in [-0.25, -0.2) is 4.79 Å². The van der Waals surface area contributed by atoms with Gasteiger partial charge in [0.2, 0.25) is 11.8 Å². The lowest BCUT2D eigenvalue weighted by Crippen LogP contribution is -2.39. The van der Waals surface area contributed by atoms with E-state index in [1.807, 2.05) is 5.32 Å². The quantitative estimate of drug-likeness (QED) is 0.506. The molecule has 1 saturated carbocycles. The Morgan fingerprint density at radius 2 is 1.94 bits per heavy atom. The van der Waals surface area contributed by atoms with Gasteiger partial charge in [0.05, 0.1) is 0 Å². The maximum absolute atomic E-state index is 11.8. The number of hydrogen-bond donors (Lipinski definition) is 4. The first-order valence-corrected chi connectivity index (χ1v) is 6.11. The van der Waals surface area contributed by atoms with Gasteiger partial charge in [0.25, 0.3) is 0 Å². The molecule has 0 bridgehead atoms. The molecule has 1 aliphatic rings. The Kier molecular flexibility index (Phi) is 5.57. The molecule has 0 aromatic heterocycles. The van der Waals surface area contributed by atoms with Crippen molar-refractivity contribution >= 4 is 17.8 Å². The number of primary amides is 1. The van der Waals surface area contributed by atoms with Crippen LogP contribution in [0.15, 0.2) is 0 Å².